The van der Waals surface area contributed by atoms with E-state index < -0.39 is 0 Å². The van der Waals surface area contributed by atoms with E-state index in [2.05, 4.69) is 178 Å². The van der Waals surface area contributed by atoms with Gasteiger partial charge < -0.3 is 13.7 Å². The van der Waals surface area contributed by atoms with E-state index in [1.807, 2.05) is 17.4 Å². The van der Waals surface area contributed by atoms with Crippen LogP contribution in [0.2, 0.25) is 0 Å². The van der Waals surface area contributed by atoms with Crippen LogP contribution in [-0.4, -0.2) is 0 Å². The molecule has 4 heteroatoms. The van der Waals surface area contributed by atoms with Gasteiger partial charge in [-0.05, 0) is 106 Å². The summed E-state index contributed by atoms with van der Waals surface area (Å²) in [5.41, 5.74) is 12.4. The maximum absolute atomic E-state index is 6.96. The predicted molar refractivity (Wildman–Crippen MR) is 247 cm³/mol. The van der Waals surface area contributed by atoms with E-state index in [9.17, 15) is 0 Å². The third kappa shape index (κ3) is 4.85. The van der Waals surface area contributed by atoms with Crippen LogP contribution in [0.5, 0.6) is 0 Å². The average Bonchev–Trinajstić information content (AvgIpc) is 3.93. The highest BCUT2D eigenvalue weighted by Crippen LogP contribution is 2.51. The van der Waals surface area contributed by atoms with E-state index in [1.54, 1.807) is 0 Å². The predicted octanol–water partition coefficient (Wildman–Crippen LogP) is 16.5. The molecular weight excluding hydrogens is 727 g/mol. The van der Waals surface area contributed by atoms with Gasteiger partial charge in [0.1, 0.15) is 22.3 Å². The van der Waals surface area contributed by atoms with Crippen LogP contribution >= 0.6 is 11.3 Å². The Bertz CT molecular complexity index is 3480. The van der Waals surface area contributed by atoms with Crippen LogP contribution in [0.25, 0.3) is 85.9 Å². The van der Waals surface area contributed by atoms with Crippen molar-refractivity contribution in [3.63, 3.8) is 0 Å². The van der Waals surface area contributed by atoms with Crippen LogP contribution in [0.1, 0.15) is 51.7 Å². The van der Waals surface area contributed by atoms with Crippen molar-refractivity contribution in [3.8, 4) is 11.1 Å². The number of hydrogen-bond donors (Lipinski definition) is 0. The summed E-state index contributed by atoms with van der Waals surface area (Å²) in [6.07, 6.45) is 2.35. The quantitative estimate of drug-likeness (QED) is 0.179. The van der Waals surface area contributed by atoms with Gasteiger partial charge in [0.05, 0.1) is 11.4 Å². The molecule has 1 aliphatic carbocycles. The Morgan fingerprint density at radius 2 is 1.10 bits per heavy atom. The lowest BCUT2D eigenvalue weighted by Crippen LogP contribution is -2.33. The third-order valence-electron chi connectivity index (χ3n) is 13.1. The second-order valence-corrected chi connectivity index (χ2v) is 18.6. The number of nitrogens with zero attached hydrogens (tertiary/aromatic N) is 1. The molecular formula is C54H41NO2S. The van der Waals surface area contributed by atoms with Crippen molar-refractivity contribution in [2.75, 3.05) is 4.90 Å². The standard InChI is InChI=1S/C54H41NO2S/c1-53(2)27-28-54(3,4)43-31-48-41(30-42(43)53)38-18-11-17-37(52(38)57-48)34-24-25-44(35-14-6-5-13-33(34)35)55(32-23-26-47-40(29-32)36-15-7-9-20-46(36)56-47)45-19-12-22-50-51(45)39-16-8-10-21-49(39)58-50/h5-26,29-31H,27-28H2,1-4H3. The lowest BCUT2D eigenvalue weighted by atomic mass is 9.63. The Labute approximate surface area is 340 Å². The first-order valence-corrected chi connectivity index (χ1v) is 21.2. The van der Waals surface area contributed by atoms with Crippen molar-refractivity contribution in [2.24, 2.45) is 0 Å². The highest BCUT2D eigenvalue weighted by atomic mass is 32.1. The Balaban J connectivity index is 1.11. The summed E-state index contributed by atoms with van der Waals surface area (Å²) in [4.78, 5) is 2.46. The van der Waals surface area contributed by atoms with Gasteiger partial charge in [0, 0.05) is 58.4 Å². The van der Waals surface area contributed by atoms with E-state index in [0.717, 1.165) is 61.3 Å². The molecule has 0 bridgehead atoms. The van der Waals surface area contributed by atoms with Crippen LogP contribution in [0.15, 0.2) is 160 Å². The van der Waals surface area contributed by atoms with Crippen molar-refractivity contribution < 1.29 is 8.83 Å². The zero-order valence-electron chi connectivity index (χ0n) is 33.0. The molecule has 0 radical (unpaired) electrons. The molecule has 11 aromatic rings. The molecule has 12 rings (SSSR count). The lowest BCUT2D eigenvalue weighted by Gasteiger charge is -2.41. The summed E-state index contributed by atoms with van der Waals surface area (Å²) in [6.45, 7) is 9.56. The van der Waals surface area contributed by atoms with Gasteiger partial charge in [-0.2, -0.15) is 0 Å². The molecule has 0 saturated carbocycles. The van der Waals surface area contributed by atoms with Gasteiger partial charge in [0.15, 0.2) is 0 Å². The number of hydrogen-bond acceptors (Lipinski definition) is 4. The molecule has 0 aliphatic heterocycles. The molecule has 3 aromatic heterocycles. The first-order valence-electron chi connectivity index (χ1n) is 20.4. The number of benzene rings is 8. The van der Waals surface area contributed by atoms with Crippen LogP contribution in [0, 0.1) is 0 Å². The number of para-hydroxylation sites is 2. The Hall–Kier alpha value is -6.36. The van der Waals surface area contributed by atoms with Gasteiger partial charge in [-0.1, -0.05) is 119 Å². The number of thiophene rings is 1. The van der Waals surface area contributed by atoms with Gasteiger partial charge in [-0.15, -0.1) is 11.3 Å². The fourth-order valence-corrected chi connectivity index (χ4v) is 11.1. The molecule has 0 atom stereocenters. The normalized spacial score (nSPS) is 15.0. The minimum absolute atomic E-state index is 0.105. The highest BCUT2D eigenvalue weighted by molar-refractivity contribution is 7.26. The van der Waals surface area contributed by atoms with Crippen molar-refractivity contribution >= 4 is 103 Å². The number of fused-ring (bicyclic) bond motifs is 11. The van der Waals surface area contributed by atoms with E-state index in [4.69, 9.17) is 8.83 Å². The molecule has 1 aliphatic rings. The summed E-state index contributed by atoms with van der Waals surface area (Å²) in [6, 6.07) is 55.4. The smallest absolute Gasteiger partial charge is 0.143 e. The zero-order valence-corrected chi connectivity index (χ0v) is 33.8. The van der Waals surface area contributed by atoms with Crippen molar-refractivity contribution in [1.29, 1.82) is 0 Å². The molecule has 58 heavy (non-hydrogen) atoms. The fraction of sp³-hybridized carbons (Fsp3) is 0.148. The first-order chi connectivity index (χ1) is 28.2. The number of furan rings is 2. The van der Waals surface area contributed by atoms with Crippen LogP contribution in [0.4, 0.5) is 17.1 Å². The average molecular weight is 768 g/mol. The molecule has 0 amide bonds. The van der Waals surface area contributed by atoms with Crippen molar-refractivity contribution in [2.45, 2.75) is 51.4 Å². The Kier molecular flexibility index (Phi) is 7.03. The van der Waals surface area contributed by atoms with Gasteiger partial charge in [0.25, 0.3) is 0 Å². The maximum atomic E-state index is 6.96. The Morgan fingerprint density at radius 1 is 0.448 bits per heavy atom. The second-order valence-electron chi connectivity index (χ2n) is 17.5. The molecule has 0 spiro atoms. The minimum Gasteiger partial charge on any atom is -0.456 e. The summed E-state index contributed by atoms with van der Waals surface area (Å²) in [5, 5.41) is 9.46. The first kappa shape index (κ1) is 33.7. The molecule has 3 nitrogen and oxygen atoms in total. The van der Waals surface area contributed by atoms with Gasteiger partial charge in [-0.3, -0.25) is 0 Å². The summed E-state index contributed by atoms with van der Waals surface area (Å²) >= 11 is 1.85. The van der Waals surface area contributed by atoms with E-state index in [-0.39, 0.29) is 10.8 Å². The molecule has 0 fully saturated rings. The van der Waals surface area contributed by atoms with Crippen LogP contribution in [-0.2, 0) is 10.8 Å². The van der Waals surface area contributed by atoms with Crippen molar-refractivity contribution in [3.05, 3.63) is 163 Å². The van der Waals surface area contributed by atoms with Crippen molar-refractivity contribution in [1.82, 2.24) is 0 Å². The zero-order chi connectivity index (χ0) is 38.9. The van der Waals surface area contributed by atoms with Gasteiger partial charge in [0.2, 0.25) is 0 Å². The summed E-state index contributed by atoms with van der Waals surface area (Å²) in [7, 11) is 0. The van der Waals surface area contributed by atoms with E-state index >= 15 is 0 Å². The maximum Gasteiger partial charge on any atom is 0.143 e. The molecule has 0 saturated heterocycles. The van der Waals surface area contributed by atoms with Gasteiger partial charge >= 0.3 is 0 Å². The van der Waals surface area contributed by atoms with Crippen LogP contribution < -0.4 is 4.90 Å². The molecule has 8 aromatic carbocycles. The number of anilines is 3. The summed E-state index contributed by atoms with van der Waals surface area (Å²) in [5.74, 6) is 0. The topological polar surface area (TPSA) is 29.5 Å². The van der Waals surface area contributed by atoms with E-state index in [1.165, 1.54) is 65.7 Å². The highest BCUT2D eigenvalue weighted by Gasteiger charge is 2.38. The second kappa shape index (κ2) is 12.1. The van der Waals surface area contributed by atoms with Gasteiger partial charge in [-0.25, -0.2) is 0 Å². The van der Waals surface area contributed by atoms with E-state index in [0.29, 0.717) is 0 Å². The fourth-order valence-electron chi connectivity index (χ4n) is 9.99. The minimum atomic E-state index is 0.105. The molecule has 280 valence electrons. The largest absolute Gasteiger partial charge is 0.456 e. The number of rotatable bonds is 4. The lowest BCUT2D eigenvalue weighted by molar-refractivity contribution is 0.332. The summed E-state index contributed by atoms with van der Waals surface area (Å²) < 4.78 is 15.8. The Morgan fingerprint density at radius 3 is 1.95 bits per heavy atom. The third-order valence-corrected chi connectivity index (χ3v) is 14.3. The molecule has 0 N–H and O–H groups in total. The molecule has 0 unspecified atom stereocenters. The molecule has 3 heterocycles. The van der Waals surface area contributed by atoms with Crippen LogP contribution in [0.3, 0.4) is 0 Å². The monoisotopic (exact) mass is 767 g/mol. The SMILES string of the molecule is CC1(C)CCC(C)(C)c2cc3c(cc21)oc1c(-c2ccc(N(c4ccc5oc6ccccc6c5c4)c4cccc5sc6ccccc6c45)c4ccccc24)cccc13.